The number of allylic oxidation sites excluding steroid dienone is 3. The maximum Gasteiger partial charge on any atom is 0.00392 e. The van der Waals surface area contributed by atoms with E-state index in [0.717, 1.165) is 43.4 Å². The van der Waals surface area contributed by atoms with Gasteiger partial charge in [0.15, 0.2) is 0 Å². The Bertz CT molecular complexity index is 1160. The summed E-state index contributed by atoms with van der Waals surface area (Å²) in [6.45, 7) is 18.2. The van der Waals surface area contributed by atoms with E-state index in [4.69, 9.17) is 0 Å². The van der Waals surface area contributed by atoms with Crippen molar-refractivity contribution in [1.82, 2.24) is 0 Å². The van der Waals surface area contributed by atoms with Gasteiger partial charge in [0, 0.05) is 5.92 Å². The molecule has 184 valence electrons. The van der Waals surface area contributed by atoms with Crippen LogP contribution in [-0.4, -0.2) is 0 Å². The van der Waals surface area contributed by atoms with Crippen molar-refractivity contribution < 1.29 is 0 Å². The molecule has 0 aliphatic heterocycles. The Kier molecular flexibility index (Phi) is 6.93. The first-order valence-electron chi connectivity index (χ1n) is 14.1. The van der Waals surface area contributed by atoms with E-state index in [1.54, 1.807) is 11.1 Å². The molecular weight excluding hydrogens is 420 g/mol. The van der Waals surface area contributed by atoms with Crippen LogP contribution in [0.4, 0.5) is 0 Å². The third-order valence-electron chi connectivity index (χ3n) is 9.41. The second-order valence-electron chi connectivity index (χ2n) is 12.1. The molecule has 3 atom stereocenters. The zero-order chi connectivity index (χ0) is 24.7. The van der Waals surface area contributed by atoms with Crippen molar-refractivity contribution in [3.05, 3.63) is 88.0 Å². The zero-order valence-electron chi connectivity index (χ0n) is 22.6. The highest BCUT2D eigenvalue weighted by Crippen LogP contribution is 2.45. The van der Waals surface area contributed by atoms with Crippen LogP contribution in [0.1, 0.15) is 86.6 Å². The van der Waals surface area contributed by atoms with Gasteiger partial charge in [0.1, 0.15) is 0 Å². The van der Waals surface area contributed by atoms with Crippen molar-refractivity contribution in [2.24, 2.45) is 23.7 Å². The second kappa shape index (κ2) is 9.96. The lowest BCUT2D eigenvalue weighted by Crippen LogP contribution is -2.10. The van der Waals surface area contributed by atoms with Gasteiger partial charge in [0.25, 0.3) is 0 Å². The molecule has 0 saturated heterocycles. The molecule has 3 aliphatic rings. The first-order valence-corrected chi connectivity index (χ1v) is 14.1. The smallest absolute Gasteiger partial charge is 0.00392 e. The number of aryl methyl sites for hydroxylation is 2. The average molecular weight is 465 g/mol. The largest absolute Gasteiger partial charge is 0.0992 e. The third kappa shape index (κ3) is 4.87. The summed E-state index contributed by atoms with van der Waals surface area (Å²) in [5.74, 6) is 3.07. The average Bonchev–Trinajstić information content (AvgIpc) is 3.48. The number of rotatable bonds is 7. The van der Waals surface area contributed by atoms with Gasteiger partial charge < -0.3 is 0 Å². The normalized spacial score (nSPS) is 24.3. The van der Waals surface area contributed by atoms with Crippen LogP contribution in [-0.2, 0) is 12.8 Å². The molecule has 2 unspecified atom stereocenters. The monoisotopic (exact) mass is 464 g/mol. The van der Waals surface area contributed by atoms with Crippen molar-refractivity contribution in [1.29, 1.82) is 0 Å². The van der Waals surface area contributed by atoms with Gasteiger partial charge in [-0.1, -0.05) is 98.5 Å². The van der Waals surface area contributed by atoms with E-state index in [9.17, 15) is 0 Å². The minimum atomic E-state index is 0.482. The molecule has 2 fully saturated rings. The number of benzene rings is 2. The zero-order valence-corrected chi connectivity index (χ0v) is 22.6. The van der Waals surface area contributed by atoms with Gasteiger partial charge in [0.2, 0.25) is 0 Å². The number of hydrogen-bond acceptors (Lipinski definition) is 0. The quantitative estimate of drug-likeness (QED) is 0.358. The molecule has 0 nitrogen and oxygen atoms in total. The molecule has 2 aromatic rings. The number of fused-ring (bicyclic) bond motifs is 1. The fourth-order valence-corrected chi connectivity index (χ4v) is 7.50. The highest BCUT2D eigenvalue weighted by atomic mass is 14.4. The molecule has 0 spiro atoms. The standard InChI is InChI=1S/C35H44/c1-7-9-27-16-25(5)30(17-27)21-33-26(6)14-22(2)15-35(33)31-11-8-10-29-18-28(20-34(29)31)19-32-23(3)12-13-24(32)4/h8,10-11,14-15,18,25,27,30,32H,3-4,7,9,12-13,16-17,19-21H2,1-2,5-6H3/t25-,27?,30?/m0/s1. The molecular formula is C35H44. The summed E-state index contributed by atoms with van der Waals surface area (Å²) in [6.07, 6.45) is 13.7. The lowest BCUT2D eigenvalue weighted by atomic mass is 9.82. The fraction of sp³-hybridized carbons (Fsp3) is 0.486. The van der Waals surface area contributed by atoms with Gasteiger partial charge in [-0.2, -0.15) is 0 Å². The molecule has 0 heteroatoms. The lowest BCUT2D eigenvalue weighted by molar-refractivity contribution is 0.415. The summed E-state index contributed by atoms with van der Waals surface area (Å²) < 4.78 is 0. The maximum atomic E-state index is 4.36. The third-order valence-corrected chi connectivity index (χ3v) is 9.41. The fourth-order valence-electron chi connectivity index (χ4n) is 7.50. The van der Waals surface area contributed by atoms with Crippen LogP contribution in [0.15, 0.2) is 60.2 Å². The van der Waals surface area contributed by atoms with E-state index in [1.807, 2.05) is 0 Å². The van der Waals surface area contributed by atoms with Gasteiger partial charge in [0.05, 0.1) is 0 Å². The highest BCUT2D eigenvalue weighted by Gasteiger charge is 2.32. The molecule has 0 heterocycles. The molecule has 2 saturated carbocycles. The summed E-state index contributed by atoms with van der Waals surface area (Å²) in [6, 6.07) is 11.9. The van der Waals surface area contributed by atoms with E-state index in [-0.39, 0.29) is 0 Å². The van der Waals surface area contributed by atoms with Crippen LogP contribution < -0.4 is 0 Å². The van der Waals surface area contributed by atoms with Crippen LogP contribution in [0, 0.1) is 37.5 Å². The van der Waals surface area contributed by atoms with Crippen molar-refractivity contribution in [2.75, 3.05) is 0 Å². The van der Waals surface area contributed by atoms with Crippen LogP contribution in [0.2, 0.25) is 0 Å². The Hall–Kier alpha value is -2.34. The lowest BCUT2D eigenvalue weighted by Gasteiger charge is -2.22. The van der Waals surface area contributed by atoms with E-state index < -0.39 is 0 Å². The Balaban J connectivity index is 1.44. The second-order valence-corrected chi connectivity index (χ2v) is 12.1. The van der Waals surface area contributed by atoms with Crippen molar-refractivity contribution in [3.63, 3.8) is 0 Å². The van der Waals surface area contributed by atoms with Gasteiger partial charge in [-0.15, -0.1) is 0 Å². The van der Waals surface area contributed by atoms with E-state index >= 15 is 0 Å². The topological polar surface area (TPSA) is 0 Å². The molecule has 0 bridgehead atoms. The number of hydrogen-bond donors (Lipinski definition) is 0. The SMILES string of the molecule is C=C1CCC(=C)C1CC1=Cc2cccc(-c3cc(C)cc(C)c3CC3CC(CCC)C[C@@H]3C)c2C1. The van der Waals surface area contributed by atoms with Gasteiger partial charge in [-0.05, 0) is 110 Å². The predicted molar refractivity (Wildman–Crippen MR) is 153 cm³/mol. The Morgan fingerprint density at radius 2 is 1.71 bits per heavy atom. The van der Waals surface area contributed by atoms with Crippen LogP contribution >= 0.6 is 0 Å². The van der Waals surface area contributed by atoms with Gasteiger partial charge in [-0.3, -0.25) is 0 Å². The van der Waals surface area contributed by atoms with Crippen LogP contribution in [0.25, 0.3) is 17.2 Å². The molecule has 0 radical (unpaired) electrons. The summed E-state index contributed by atoms with van der Waals surface area (Å²) in [4.78, 5) is 0. The molecule has 3 aliphatic carbocycles. The van der Waals surface area contributed by atoms with Crippen LogP contribution in [0.5, 0.6) is 0 Å². The Morgan fingerprint density at radius 3 is 2.46 bits per heavy atom. The highest BCUT2D eigenvalue weighted by molar-refractivity contribution is 5.80. The first-order chi connectivity index (χ1) is 16.8. The molecule has 0 N–H and O–H groups in total. The Labute approximate surface area is 214 Å². The summed E-state index contributed by atoms with van der Waals surface area (Å²) >= 11 is 0. The van der Waals surface area contributed by atoms with E-state index in [1.165, 1.54) is 76.6 Å². The molecule has 2 aromatic carbocycles. The van der Waals surface area contributed by atoms with Gasteiger partial charge >= 0.3 is 0 Å². The van der Waals surface area contributed by atoms with Crippen molar-refractivity contribution >= 4 is 6.08 Å². The van der Waals surface area contributed by atoms with Crippen molar-refractivity contribution in [3.8, 4) is 11.1 Å². The minimum Gasteiger partial charge on any atom is -0.0992 e. The Morgan fingerprint density at radius 1 is 0.943 bits per heavy atom. The van der Waals surface area contributed by atoms with Gasteiger partial charge in [-0.25, -0.2) is 0 Å². The summed E-state index contributed by atoms with van der Waals surface area (Å²) in [5.41, 5.74) is 14.7. The summed E-state index contributed by atoms with van der Waals surface area (Å²) in [7, 11) is 0. The van der Waals surface area contributed by atoms with Crippen LogP contribution in [0.3, 0.4) is 0 Å². The van der Waals surface area contributed by atoms with Crippen molar-refractivity contribution in [2.45, 2.75) is 85.5 Å². The molecule has 35 heavy (non-hydrogen) atoms. The maximum absolute atomic E-state index is 4.36. The van der Waals surface area contributed by atoms with E-state index in [0.29, 0.717) is 5.92 Å². The first kappa shape index (κ1) is 24.4. The molecule has 0 aromatic heterocycles. The van der Waals surface area contributed by atoms with E-state index in [2.05, 4.69) is 77.3 Å². The minimum absolute atomic E-state index is 0.482. The molecule has 5 rings (SSSR count). The predicted octanol–water partition coefficient (Wildman–Crippen LogP) is 9.83. The summed E-state index contributed by atoms with van der Waals surface area (Å²) in [5, 5.41) is 0. The molecule has 0 amide bonds.